The predicted molar refractivity (Wildman–Crippen MR) is 93.7 cm³/mol. The molecule has 0 bridgehead atoms. The van der Waals surface area contributed by atoms with Crippen molar-refractivity contribution in [3.05, 3.63) is 52.8 Å². The minimum atomic E-state index is -0.504. The summed E-state index contributed by atoms with van der Waals surface area (Å²) in [6, 6.07) is 6.91. The Kier molecular flexibility index (Phi) is 4.22. The van der Waals surface area contributed by atoms with Gasteiger partial charge in [-0.25, -0.2) is 9.78 Å². The summed E-state index contributed by atoms with van der Waals surface area (Å²) in [5.74, 6) is -0.859. The van der Waals surface area contributed by atoms with Crippen molar-refractivity contribution in [2.75, 3.05) is 12.4 Å². The summed E-state index contributed by atoms with van der Waals surface area (Å²) >= 11 is 0. The molecule has 0 spiro atoms. The third kappa shape index (κ3) is 3.08. The third-order valence-electron chi connectivity index (χ3n) is 3.95. The van der Waals surface area contributed by atoms with E-state index in [9.17, 15) is 9.59 Å². The van der Waals surface area contributed by atoms with E-state index >= 15 is 0 Å². The second-order valence-electron chi connectivity index (χ2n) is 5.80. The number of amides is 1. The minimum Gasteiger partial charge on any atom is -0.465 e. The van der Waals surface area contributed by atoms with E-state index < -0.39 is 5.97 Å². The van der Waals surface area contributed by atoms with Crippen LogP contribution in [-0.4, -0.2) is 33.8 Å². The maximum absolute atomic E-state index is 12.6. The maximum Gasteiger partial charge on any atom is 0.339 e. The Labute approximate surface area is 144 Å². The zero-order chi connectivity index (χ0) is 18.1. The molecule has 0 atom stereocenters. The quantitative estimate of drug-likeness (QED) is 0.742. The molecule has 0 radical (unpaired) electrons. The molecular formula is C18H18N4O3. The zero-order valence-corrected chi connectivity index (χ0v) is 14.5. The summed E-state index contributed by atoms with van der Waals surface area (Å²) < 4.78 is 6.45. The van der Waals surface area contributed by atoms with E-state index in [0.29, 0.717) is 22.5 Å². The highest BCUT2D eigenvalue weighted by atomic mass is 16.5. The third-order valence-corrected chi connectivity index (χ3v) is 3.95. The van der Waals surface area contributed by atoms with Crippen LogP contribution >= 0.6 is 0 Å². The summed E-state index contributed by atoms with van der Waals surface area (Å²) in [7, 11) is 3.11. The monoisotopic (exact) mass is 338 g/mol. The first-order valence-corrected chi connectivity index (χ1v) is 7.70. The highest BCUT2D eigenvalue weighted by molar-refractivity contribution is 6.09. The van der Waals surface area contributed by atoms with Gasteiger partial charge < -0.3 is 10.1 Å². The van der Waals surface area contributed by atoms with Gasteiger partial charge in [-0.2, -0.15) is 5.10 Å². The van der Waals surface area contributed by atoms with Crippen molar-refractivity contribution in [2.45, 2.75) is 13.8 Å². The van der Waals surface area contributed by atoms with Crippen LogP contribution in [0.3, 0.4) is 0 Å². The summed E-state index contributed by atoms with van der Waals surface area (Å²) in [5.41, 5.74) is 3.49. The lowest BCUT2D eigenvalue weighted by molar-refractivity contribution is 0.0602. The van der Waals surface area contributed by atoms with Gasteiger partial charge in [-0.05, 0) is 32.0 Å². The fourth-order valence-corrected chi connectivity index (χ4v) is 2.67. The van der Waals surface area contributed by atoms with Crippen LogP contribution in [-0.2, 0) is 11.8 Å². The number of nitrogens with one attached hydrogen (secondary N) is 1. The molecule has 0 saturated heterocycles. The van der Waals surface area contributed by atoms with Gasteiger partial charge in [-0.1, -0.05) is 11.6 Å². The minimum absolute atomic E-state index is 0.308. The molecule has 0 aliphatic carbocycles. The molecule has 128 valence electrons. The highest BCUT2D eigenvalue weighted by Gasteiger charge is 2.16. The van der Waals surface area contributed by atoms with E-state index in [2.05, 4.69) is 15.4 Å². The first kappa shape index (κ1) is 16.6. The number of fused-ring (bicyclic) bond motifs is 1. The number of benzene rings is 1. The van der Waals surface area contributed by atoms with E-state index in [4.69, 9.17) is 4.74 Å². The molecule has 7 nitrogen and oxygen atoms in total. The molecule has 2 heterocycles. The van der Waals surface area contributed by atoms with Gasteiger partial charge in [-0.3, -0.25) is 9.48 Å². The van der Waals surface area contributed by atoms with Gasteiger partial charge in [0, 0.05) is 18.6 Å². The molecule has 0 aliphatic rings. The fraction of sp³-hybridized carbons (Fsp3) is 0.222. The Bertz CT molecular complexity index is 991. The SMILES string of the molecule is COC(=O)c1cc(C)ccc1NC(=O)c1cnc2c(c1)c(C)nn2C. The molecule has 0 fully saturated rings. The molecule has 0 saturated carbocycles. The smallest absolute Gasteiger partial charge is 0.339 e. The van der Waals surface area contributed by atoms with Gasteiger partial charge in [0.25, 0.3) is 5.91 Å². The lowest BCUT2D eigenvalue weighted by Gasteiger charge is -2.10. The number of rotatable bonds is 3. The number of esters is 1. The van der Waals surface area contributed by atoms with Gasteiger partial charge in [-0.15, -0.1) is 0 Å². The molecule has 25 heavy (non-hydrogen) atoms. The van der Waals surface area contributed by atoms with Crippen LogP contribution in [0.2, 0.25) is 0 Å². The molecular weight excluding hydrogens is 320 g/mol. The number of pyridine rings is 1. The Morgan fingerprint density at radius 2 is 1.96 bits per heavy atom. The average Bonchev–Trinajstić information content (AvgIpc) is 2.89. The number of aryl methyl sites for hydroxylation is 3. The van der Waals surface area contributed by atoms with Crippen molar-refractivity contribution in [1.29, 1.82) is 0 Å². The summed E-state index contributed by atoms with van der Waals surface area (Å²) in [6.07, 6.45) is 1.49. The largest absolute Gasteiger partial charge is 0.465 e. The molecule has 0 aliphatic heterocycles. The Morgan fingerprint density at radius 1 is 1.20 bits per heavy atom. The van der Waals surface area contributed by atoms with Gasteiger partial charge in [0.05, 0.1) is 29.6 Å². The average molecular weight is 338 g/mol. The number of methoxy groups -OCH3 is 1. The molecule has 3 rings (SSSR count). The van der Waals surface area contributed by atoms with Crippen LogP contribution in [0.15, 0.2) is 30.5 Å². The Hall–Kier alpha value is -3.22. The first-order valence-electron chi connectivity index (χ1n) is 7.70. The van der Waals surface area contributed by atoms with E-state index in [0.717, 1.165) is 16.6 Å². The normalized spacial score (nSPS) is 10.7. The van der Waals surface area contributed by atoms with Crippen LogP contribution < -0.4 is 5.32 Å². The number of nitrogens with zero attached hydrogens (tertiary/aromatic N) is 3. The fourth-order valence-electron chi connectivity index (χ4n) is 2.67. The molecule has 0 unspecified atom stereocenters. The number of carbonyl (C=O) groups excluding carboxylic acids is 2. The molecule has 7 heteroatoms. The number of carbonyl (C=O) groups is 2. The van der Waals surface area contributed by atoms with E-state index in [1.165, 1.54) is 13.3 Å². The van der Waals surface area contributed by atoms with E-state index in [1.54, 1.807) is 29.9 Å². The van der Waals surface area contributed by atoms with E-state index in [-0.39, 0.29) is 5.91 Å². The number of anilines is 1. The Morgan fingerprint density at radius 3 is 2.68 bits per heavy atom. The molecule has 2 aromatic heterocycles. The molecule has 1 aromatic carbocycles. The molecule has 3 aromatic rings. The second-order valence-corrected chi connectivity index (χ2v) is 5.80. The Balaban J connectivity index is 1.95. The number of hydrogen-bond donors (Lipinski definition) is 1. The van der Waals surface area contributed by atoms with Crippen LogP contribution in [0, 0.1) is 13.8 Å². The van der Waals surface area contributed by atoms with Crippen molar-refractivity contribution in [2.24, 2.45) is 7.05 Å². The van der Waals surface area contributed by atoms with Crippen LogP contribution in [0.25, 0.3) is 11.0 Å². The van der Waals surface area contributed by atoms with Gasteiger partial charge in [0.1, 0.15) is 0 Å². The van der Waals surface area contributed by atoms with Crippen LogP contribution in [0.1, 0.15) is 32.0 Å². The summed E-state index contributed by atoms with van der Waals surface area (Å²) in [6.45, 7) is 3.72. The predicted octanol–water partition coefficient (Wildman–Crippen LogP) is 2.62. The molecule has 1 N–H and O–H groups in total. The van der Waals surface area contributed by atoms with Gasteiger partial charge >= 0.3 is 5.97 Å². The number of ether oxygens (including phenoxy) is 1. The van der Waals surface area contributed by atoms with Crippen LogP contribution in [0.5, 0.6) is 0 Å². The van der Waals surface area contributed by atoms with Crippen molar-refractivity contribution >= 4 is 28.6 Å². The maximum atomic E-state index is 12.6. The summed E-state index contributed by atoms with van der Waals surface area (Å²) in [5, 5.41) is 7.86. The summed E-state index contributed by atoms with van der Waals surface area (Å²) in [4.78, 5) is 28.8. The molecule has 1 amide bonds. The van der Waals surface area contributed by atoms with Gasteiger partial charge in [0.15, 0.2) is 5.65 Å². The lowest BCUT2D eigenvalue weighted by atomic mass is 10.1. The van der Waals surface area contributed by atoms with Crippen molar-refractivity contribution in [3.63, 3.8) is 0 Å². The van der Waals surface area contributed by atoms with E-state index in [1.807, 2.05) is 19.9 Å². The van der Waals surface area contributed by atoms with Crippen molar-refractivity contribution in [1.82, 2.24) is 14.8 Å². The van der Waals surface area contributed by atoms with Crippen molar-refractivity contribution < 1.29 is 14.3 Å². The first-order chi connectivity index (χ1) is 11.9. The highest BCUT2D eigenvalue weighted by Crippen LogP contribution is 2.21. The number of aromatic nitrogens is 3. The number of hydrogen-bond acceptors (Lipinski definition) is 5. The van der Waals surface area contributed by atoms with Crippen molar-refractivity contribution in [3.8, 4) is 0 Å². The second kappa shape index (κ2) is 6.35. The standard InChI is InChI=1S/C18H18N4O3/c1-10-5-6-15(14(7-10)18(24)25-4)20-17(23)12-8-13-11(2)21-22(3)16(13)19-9-12/h5-9H,1-4H3,(H,20,23). The topological polar surface area (TPSA) is 86.1 Å². The van der Waals surface area contributed by atoms with Gasteiger partial charge in [0.2, 0.25) is 0 Å². The lowest BCUT2D eigenvalue weighted by Crippen LogP contribution is -2.16. The van der Waals surface area contributed by atoms with Crippen LogP contribution in [0.4, 0.5) is 5.69 Å². The zero-order valence-electron chi connectivity index (χ0n) is 14.5.